The number of aryl methyl sites for hydroxylation is 1. The van der Waals surface area contributed by atoms with Gasteiger partial charge in [0.2, 0.25) is 10.0 Å². The largest absolute Gasteiger partial charge is 0.460 e. The number of benzene rings is 1. The van der Waals surface area contributed by atoms with Gasteiger partial charge in [-0.3, -0.25) is 4.79 Å². The lowest BCUT2D eigenvalue weighted by Gasteiger charge is -2.24. The Morgan fingerprint density at radius 1 is 1.28 bits per heavy atom. The zero-order valence-electron chi connectivity index (χ0n) is 9.87. The summed E-state index contributed by atoms with van der Waals surface area (Å²) in [5.41, 5.74) is 0.997. The van der Waals surface area contributed by atoms with Crippen molar-refractivity contribution in [3.63, 3.8) is 0 Å². The molecular weight excluding hydrogens is 254 g/mol. The second-order valence-corrected chi connectivity index (χ2v) is 6.59. The number of hydrogen-bond donors (Lipinski definition) is 0. The third kappa shape index (κ3) is 1.64. The smallest absolute Gasteiger partial charge is 0.324 e. The predicted octanol–water partition coefficient (Wildman–Crippen LogP) is 0.683. The minimum absolute atomic E-state index is 0.230. The van der Waals surface area contributed by atoms with E-state index in [9.17, 15) is 13.2 Å². The van der Waals surface area contributed by atoms with Gasteiger partial charge in [0.15, 0.2) is 0 Å². The molecule has 0 spiro atoms. The molecule has 0 N–H and O–H groups in total. The Morgan fingerprint density at radius 2 is 1.94 bits per heavy atom. The van der Waals surface area contributed by atoms with Gasteiger partial charge in [-0.1, -0.05) is 17.7 Å². The first-order valence-corrected chi connectivity index (χ1v) is 7.21. The molecule has 6 heteroatoms. The summed E-state index contributed by atoms with van der Waals surface area (Å²) in [5, 5.41) is 0. The van der Waals surface area contributed by atoms with Crippen LogP contribution in [0.25, 0.3) is 0 Å². The Kier molecular flexibility index (Phi) is 2.46. The fraction of sp³-hybridized carbons (Fsp3) is 0.417. The second kappa shape index (κ2) is 3.80. The first kappa shape index (κ1) is 11.7. The molecule has 2 saturated heterocycles. The number of hydrogen-bond acceptors (Lipinski definition) is 4. The lowest BCUT2D eigenvalue weighted by molar-refractivity contribution is -0.148. The Balaban J connectivity index is 1.96. The number of fused-ring (bicyclic) bond motifs is 2. The van der Waals surface area contributed by atoms with Crippen LogP contribution < -0.4 is 0 Å². The summed E-state index contributed by atoms with van der Waals surface area (Å²) in [6.45, 7) is 2.16. The highest BCUT2D eigenvalue weighted by molar-refractivity contribution is 7.89. The Labute approximate surface area is 105 Å². The minimum atomic E-state index is -3.59. The van der Waals surface area contributed by atoms with Gasteiger partial charge in [-0.15, -0.1) is 0 Å². The van der Waals surface area contributed by atoms with Crippen LogP contribution in [-0.4, -0.2) is 37.4 Å². The van der Waals surface area contributed by atoms with E-state index < -0.39 is 22.0 Å². The molecule has 1 aromatic rings. The highest BCUT2D eigenvalue weighted by Crippen LogP contribution is 2.33. The van der Waals surface area contributed by atoms with Crippen molar-refractivity contribution in [1.82, 2.24) is 4.31 Å². The van der Waals surface area contributed by atoms with Crippen molar-refractivity contribution in [3.8, 4) is 0 Å². The maximum Gasteiger partial charge on any atom is 0.324 e. The van der Waals surface area contributed by atoms with Gasteiger partial charge in [0, 0.05) is 6.42 Å². The number of carbonyl (C=O) groups excluding carboxylic acids is 1. The molecule has 3 rings (SSSR count). The van der Waals surface area contributed by atoms with Crippen LogP contribution in [0.1, 0.15) is 12.0 Å². The summed E-state index contributed by atoms with van der Waals surface area (Å²) in [6.07, 6.45) is 0.201. The van der Waals surface area contributed by atoms with Gasteiger partial charge in [-0.25, -0.2) is 8.42 Å². The molecule has 0 amide bonds. The lowest BCUT2D eigenvalue weighted by atomic mass is 10.2. The van der Waals surface area contributed by atoms with E-state index in [0.717, 1.165) is 5.56 Å². The van der Waals surface area contributed by atoms with Crippen LogP contribution in [0.2, 0.25) is 0 Å². The van der Waals surface area contributed by atoms with E-state index in [1.54, 1.807) is 24.3 Å². The van der Waals surface area contributed by atoms with Crippen molar-refractivity contribution in [2.45, 2.75) is 30.4 Å². The van der Waals surface area contributed by atoms with E-state index in [2.05, 4.69) is 0 Å². The number of ether oxygens (including phenoxy) is 1. The van der Waals surface area contributed by atoms with Gasteiger partial charge in [0.25, 0.3) is 0 Å². The van der Waals surface area contributed by atoms with E-state index in [1.165, 1.54) is 4.31 Å². The maximum absolute atomic E-state index is 12.4. The van der Waals surface area contributed by atoms with E-state index >= 15 is 0 Å². The summed E-state index contributed by atoms with van der Waals surface area (Å²) < 4.78 is 31.1. The van der Waals surface area contributed by atoms with Crippen LogP contribution in [0.4, 0.5) is 0 Å². The average Bonchev–Trinajstić information content (AvgIpc) is 2.88. The topological polar surface area (TPSA) is 63.7 Å². The standard InChI is InChI=1S/C12H13NO4S/c1-8-2-4-10(5-3-8)18(15,16)13-7-9-6-11(13)12(14)17-9/h2-5,9,11H,6-7H2,1H3. The molecule has 2 atom stereocenters. The third-order valence-corrected chi connectivity index (χ3v) is 5.29. The van der Waals surface area contributed by atoms with Gasteiger partial charge >= 0.3 is 5.97 Å². The number of nitrogens with zero attached hydrogens (tertiary/aromatic N) is 1. The zero-order valence-corrected chi connectivity index (χ0v) is 10.7. The fourth-order valence-electron chi connectivity index (χ4n) is 2.42. The van der Waals surface area contributed by atoms with Gasteiger partial charge in [0.1, 0.15) is 12.1 Å². The van der Waals surface area contributed by atoms with Gasteiger partial charge < -0.3 is 4.74 Å². The second-order valence-electron chi connectivity index (χ2n) is 4.70. The molecule has 0 aromatic heterocycles. The maximum atomic E-state index is 12.4. The summed E-state index contributed by atoms with van der Waals surface area (Å²) in [4.78, 5) is 11.7. The summed E-state index contributed by atoms with van der Waals surface area (Å²) >= 11 is 0. The normalized spacial score (nSPS) is 27.5. The van der Waals surface area contributed by atoms with Crippen LogP contribution in [0, 0.1) is 6.92 Å². The lowest BCUT2D eigenvalue weighted by Crippen LogP contribution is -2.44. The molecule has 1 aromatic carbocycles. The Hall–Kier alpha value is -1.40. The molecule has 2 bridgehead atoms. The van der Waals surface area contributed by atoms with E-state index in [1.807, 2.05) is 6.92 Å². The highest BCUT2D eigenvalue weighted by Gasteiger charge is 2.51. The monoisotopic (exact) mass is 267 g/mol. The highest BCUT2D eigenvalue weighted by atomic mass is 32.2. The minimum Gasteiger partial charge on any atom is -0.460 e. The van der Waals surface area contributed by atoms with Crippen molar-refractivity contribution in [1.29, 1.82) is 0 Å². The number of morpholine rings is 1. The van der Waals surface area contributed by atoms with Gasteiger partial charge in [-0.05, 0) is 19.1 Å². The number of rotatable bonds is 2. The van der Waals surface area contributed by atoms with Crippen molar-refractivity contribution in [2.24, 2.45) is 0 Å². The molecule has 18 heavy (non-hydrogen) atoms. The fourth-order valence-corrected chi connectivity index (χ4v) is 4.04. The quantitative estimate of drug-likeness (QED) is 0.739. The van der Waals surface area contributed by atoms with Crippen molar-refractivity contribution < 1.29 is 17.9 Å². The summed E-state index contributed by atoms with van der Waals surface area (Å²) in [5.74, 6) is -0.429. The van der Waals surface area contributed by atoms with E-state index in [0.29, 0.717) is 6.42 Å². The SMILES string of the molecule is Cc1ccc(S(=O)(=O)N2CC3CC2C(=O)O3)cc1. The number of carbonyl (C=O) groups is 1. The first-order valence-electron chi connectivity index (χ1n) is 5.77. The number of esters is 1. The zero-order chi connectivity index (χ0) is 12.9. The molecule has 2 heterocycles. The summed E-state index contributed by atoms with van der Waals surface area (Å²) in [7, 11) is -3.59. The Morgan fingerprint density at radius 3 is 2.50 bits per heavy atom. The summed E-state index contributed by atoms with van der Waals surface area (Å²) in [6, 6.07) is 6.00. The molecule has 2 unspecified atom stereocenters. The van der Waals surface area contributed by atoms with Crippen molar-refractivity contribution in [3.05, 3.63) is 29.8 Å². The molecule has 96 valence electrons. The molecule has 2 fully saturated rings. The molecule has 0 saturated carbocycles. The molecule has 2 aliphatic heterocycles. The predicted molar refractivity (Wildman–Crippen MR) is 63.4 cm³/mol. The van der Waals surface area contributed by atoms with Gasteiger partial charge in [-0.2, -0.15) is 4.31 Å². The van der Waals surface area contributed by atoms with Crippen LogP contribution in [0.5, 0.6) is 0 Å². The van der Waals surface area contributed by atoms with E-state index in [-0.39, 0.29) is 17.5 Å². The van der Waals surface area contributed by atoms with Crippen molar-refractivity contribution in [2.75, 3.05) is 6.54 Å². The van der Waals surface area contributed by atoms with E-state index in [4.69, 9.17) is 4.74 Å². The van der Waals surface area contributed by atoms with Crippen LogP contribution >= 0.6 is 0 Å². The molecule has 0 radical (unpaired) electrons. The van der Waals surface area contributed by atoms with Crippen LogP contribution in [0.3, 0.4) is 0 Å². The molecule has 0 aliphatic carbocycles. The molecule has 2 aliphatic rings. The molecular formula is C12H13NO4S. The average molecular weight is 267 g/mol. The van der Waals surface area contributed by atoms with Gasteiger partial charge in [0.05, 0.1) is 11.4 Å². The van der Waals surface area contributed by atoms with Crippen LogP contribution in [0.15, 0.2) is 29.2 Å². The van der Waals surface area contributed by atoms with Crippen LogP contribution in [-0.2, 0) is 19.6 Å². The third-order valence-electron chi connectivity index (χ3n) is 3.40. The molecule has 5 nitrogen and oxygen atoms in total. The van der Waals surface area contributed by atoms with Crippen molar-refractivity contribution >= 4 is 16.0 Å². The first-order chi connectivity index (χ1) is 8.48. The number of sulfonamides is 1. The Bertz CT molecular complexity index is 593.